The summed E-state index contributed by atoms with van der Waals surface area (Å²) in [6.07, 6.45) is 0.957. The van der Waals surface area contributed by atoms with Crippen LogP contribution in [-0.2, 0) is 11.2 Å². The average molecular weight is 334 g/mol. The predicted octanol–water partition coefficient (Wildman–Crippen LogP) is 2.65. The number of carbonyl (C=O) groups is 3. The molecule has 2 aliphatic heterocycles. The fourth-order valence-corrected chi connectivity index (χ4v) is 3.72. The molecular weight excluding hydrogens is 316 g/mol. The SMILES string of the molecule is C[C@@H]1Cc2ccccc2N1C(=O)CCN1C(=O)c2ccccc2C1=O. The molecule has 25 heavy (non-hydrogen) atoms. The number of rotatable bonds is 3. The van der Waals surface area contributed by atoms with Crippen molar-refractivity contribution in [1.82, 2.24) is 4.90 Å². The lowest BCUT2D eigenvalue weighted by Crippen LogP contribution is -2.39. The second kappa shape index (κ2) is 5.84. The van der Waals surface area contributed by atoms with E-state index >= 15 is 0 Å². The molecule has 0 bridgehead atoms. The highest BCUT2D eigenvalue weighted by atomic mass is 16.2. The van der Waals surface area contributed by atoms with Crippen LogP contribution in [-0.4, -0.2) is 35.2 Å². The van der Waals surface area contributed by atoms with Gasteiger partial charge < -0.3 is 4.90 Å². The molecule has 3 amide bonds. The van der Waals surface area contributed by atoms with Crippen LogP contribution in [0, 0.1) is 0 Å². The molecule has 0 aromatic heterocycles. The summed E-state index contributed by atoms with van der Waals surface area (Å²) in [6.45, 7) is 2.12. The van der Waals surface area contributed by atoms with E-state index in [-0.39, 0.29) is 36.7 Å². The van der Waals surface area contributed by atoms with Crippen LogP contribution in [0.25, 0.3) is 0 Å². The number of benzene rings is 2. The van der Waals surface area contributed by atoms with Gasteiger partial charge in [0.15, 0.2) is 0 Å². The number of anilines is 1. The van der Waals surface area contributed by atoms with Gasteiger partial charge in [-0.05, 0) is 37.1 Å². The Morgan fingerprint density at radius 2 is 1.60 bits per heavy atom. The predicted molar refractivity (Wildman–Crippen MR) is 93.5 cm³/mol. The molecule has 2 aromatic rings. The van der Waals surface area contributed by atoms with Crippen LogP contribution >= 0.6 is 0 Å². The molecule has 2 aliphatic rings. The van der Waals surface area contributed by atoms with Gasteiger partial charge in [0, 0.05) is 24.7 Å². The molecule has 2 heterocycles. The van der Waals surface area contributed by atoms with E-state index in [1.54, 1.807) is 29.2 Å². The first-order valence-electron chi connectivity index (χ1n) is 8.43. The van der Waals surface area contributed by atoms with Crippen molar-refractivity contribution in [1.29, 1.82) is 0 Å². The van der Waals surface area contributed by atoms with Crippen LogP contribution in [0.5, 0.6) is 0 Å². The van der Waals surface area contributed by atoms with E-state index in [4.69, 9.17) is 0 Å². The molecule has 0 spiro atoms. The van der Waals surface area contributed by atoms with Crippen molar-refractivity contribution >= 4 is 23.4 Å². The molecule has 1 atom stereocenters. The number of nitrogens with zero attached hydrogens (tertiary/aromatic N) is 2. The Morgan fingerprint density at radius 1 is 1.00 bits per heavy atom. The average Bonchev–Trinajstić information content (AvgIpc) is 3.08. The summed E-state index contributed by atoms with van der Waals surface area (Å²) in [5.74, 6) is -0.694. The Hall–Kier alpha value is -2.95. The van der Waals surface area contributed by atoms with Crippen LogP contribution < -0.4 is 4.90 Å². The number of carbonyl (C=O) groups excluding carboxylic acids is 3. The Bertz CT molecular complexity index is 855. The summed E-state index contributed by atoms with van der Waals surface area (Å²) in [5, 5.41) is 0. The molecule has 0 fully saturated rings. The standard InChI is InChI=1S/C20H18N2O3/c1-13-12-14-6-2-5-9-17(14)22(13)18(23)10-11-21-19(24)15-7-3-4-8-16(15)20(21)25/h2-9,13H,10-12H2,1H3/t13-/m1/s1. The van der Waals surface area contributed by atoms with Crippen molar-refractivity contribution in [3.63, 3.8) is 0 Å². The number of amides is 3. The quantitative estimate of drug-likeness (QED) is 0.811. The van der Waals surface area contributed by atoms with Gasteiger partial charge in [-0.1, -0.05) is 30.3 Å². The Morgan fingerprint density at radius 3 is 2.28 bits per heavy atom. The van der Waals surface area contributed by atoms with Crippen LogP contribution in [0.1, 0.15) is 39.6 Å². The highest BCUT2D eigenvalue weighted by Gasteiger charge is 2.36. The molecule has 126 valence electrons. The third kappa shape index (κ3) is 2.43. The fraction of sp³-hybridized carbons (Fsp3) is 0.250. The zero-order chi connectivity index (χ0) is 17.6. The van der Waals surface area contributed by atoms with Crippen molar-refractivity contribution < 1.29 is 14.4 Å². The van der Waals surface area contributed by atoms with Gasteiger partial charge in [-0.15, -0.1) is 0 Å². The van der Waals surface area contributed by atoms with Crippen molar-refractivity contribution in [3.8, 4) is 0 Å². The van der Waals surface area contributed by atoms with E-state index in [9.17, 15) is 14.4 Å². The highest BCUT2D eigenvalue weighted by Crippen LogP contribution is 2.32. The van der Waals surface area contributed by atoms with Crippen molar-refractivity contribution in [3.05, 3.63) is 65.2 Å². The summed E-state index contributed by atoms with van der Waals surface area (Å²) < 4.78 is 0. The van der Waals surface area contributed by atoms with E-state index in [0.717, 1.165) is 17.7 Å². The number of fused-ring (bicyclic) bond motifs is 2. The maximum atomic E-state index is 12.7. The van der Waals surface area contributed by atoms with Crippen molar-refractivity contribution in [2.75, 3.05) is 11.4 Å². The topological polar surface area (TPSA) is 57.7 Å². The first-order chi connectivity index (χ1) is 12.1. The normalized spacial score (nSPS) is 18.5. The number of para-hydroxylation sites is 1. The van der Waals surface area contributed by atoms with E-state index < -0.39 is 0 Å². The number of hydrogen-bond donors (Lipinski definition) is 0. The van der Waals surface area contributed by atoms with E-state index in [1.165, 1.54) is 4.90 Å². The minimum Gasteiger partial charge on any atom is -0.309 e. The van der Waals surface area contributed by atoms with Gasteiger partial charge in [-0.2, -0.15) is 0 Å². The maximum Gasteiger partial charge on any atom is 0.261 e. The van der Waals surface area contributed by atoms with E-state index in [1.807, 2.05) is 31.2 Å². The molecule has 0 unspecified atom stereocenters. The molecule has 2 aromatic carbocycles. The first-order valence-corrected chi connectivity index (χ1v) is 8.43. The summed E-state index contributed by atoms with van der Waals surface area (Å²) in [4.78, 5) is 40.5. The Kier molecular flexibility index (Phi) is 3.64. The van der Waals surface area contributed by atoms with Gasteiger partial charge in [0.25, 0.3) is 11.8 Å². The zero-order valence-corrected chi connectivity index (χ0v) is 13.9. The molecule has 0 radical (unpaired) electrons. The monoisotopic (exact) mass is 334 g/mol. The minimum atomic E-state index is -0.316. The lowest BCUT2D eigenvalue weighted by atomic mass is 10.1. The van der Waals surface area contributed by atoms with Gasteiger partial charge >= 0.3 is 0 Å². The van der Waals surface area contributed by atoms with Gasteiger partial charge in [-0.3, -0.25) is 19.3 Å². The molecule has 5 heteroatoms. The minimum absolute atomic E-state index is 0.0611. The molecule has 0 aliphatic carbocycles. The summed E-state index contributed by atoms with van der Waals surface area (Å²) in [5.41, 5.74) is 2.92. The second-order valence-electron chi connectivity index (χ2n) is 6.50. The van der Waals surface area contributed by atoms with Gasteiger partial charge in [-0.25, -0.2) is 0 Å². The molecule has 0 saturated carbocycles. The lowest BCUT2D eigenvalue weighted by molar-refractivity contribution is -0.119. The van der Waals surface area contributed by atoms with Crippen LogP contribution in [0.3, 0.4) is 0 Å². The second-order valence-corrected chi connectivity index (χ2v) is 6.50. The highest BCUT2D eigenvalue weighted by molar-refractivity contribution is 6.21. The first kappa shape index (κ1) is 15.6. The number of hydrogen-bond acceptors (Lipinski definition) is 3. The maximum absolute atomic E-state index is 12.7. The lowest BCUT2D eigenvalue weighted by Gasteiger charge is -2.24. The summed E-state index contributed by atoms with van der Waals surface area (Å²) in [6, 6.07) is 14.7. The van der Waals surface area contributed by atoms with Crippen molar-refractivity contribution in [2.24, 2.45) is 0 Å². The molecule has 0 N–H and O–H groups in total. The Balaban J connectivity index is 1.49. The molecule has 0 saturated heterocycles. The third-order valence-corrected chi connectivity index (χ3v) is 4.90. The zero-order valence-electron chi connectivity index (χ0n) is 13.9. The smallest absolute Gasteiger partial charge is 0.261 e. The van der Waals surface area contributed by atoms with Crippen molar-refractivity contribution in [2.45, 2.75) is 25.8 Å². The molecular formula is C20H18N2O3. The summed E-state index contributed by atoms with van der Waals surface area (Å²) >= 11 is 0. The van der Waals surface area contributed by atoms with Gasteiger partial charge in [0.2, 0.25) is 5.91 Å². The van der Waals surface area contributed by atoms with E-state index in [2.05, 4.69) is 0 Å². The van der Waals surface area contributed by atoms with Crippen LogP contribution in [0.2, 0.25) is 0 Å². The van der Waals surface area contributed by atoms with Gasteiger partial charge in [0.1, 0.15) is 0 Å². The fourth-order valence-electron chi connectivity index (χ4n) is 3.72. The number of imide groups is 1. The Labute approximate surface area is 145 Å². The van der Waals surface area contributed by atoms with E-state index in [0.29, 0.717) is 11.1 Å². The van der Waals surface area contributed by atoms with Crippen LogP contribution in [0.15, 0.2) is 48.5 Å². The largest absolute Gasteiger partial charge is 0.309 e. The summed E-state index contributed by atoms with van der Waals surface area (Å²) in [7, 11) is 0. The van der Waals surface area contributed by atoms with Gasteiger partial charge in [0.05, 0.1) is 11.1 Å². The molecule has 4 rings (SSSR count). The third-order valence-electron chi connectivity index (χ3n) is 4.90. The van der Waals surface area contributed by atoms with Crippen LogP contribution in [0.4, 0.5) is 5.69 Å². The molecule has 5 nitrogen and oxygen atoms in total.